The third-order valence-corrected chi connectivity index (χ3v) is 2.78. The van der Waals surface area contributed by atoms with Gasteiger partial charge >= 0.3 is 12.3 Å². The first-order valence-electron chi connectivity index (χ1n) is 5.47. The van der Waals surface area contributed by atoms with Crippen LogP contribution in [0.4, 0.5) is 17.6 Å². The van der Waals surface area contributed by atoms with Crippen LogP contribution in [0.25, 0.3) is 0 Å². The number of nitrogens with one attached hydrogen (secondary N) is 1. The molecule has 1 fully saturated rings. The number of hydrogen-bond donors (Lipinski definition) is 1. The molecule has 0 spiro atoms. The Hall–Kier alpha value is -1.34. The number of carbonyl (C=O) groups excluding carboxylic acids is 2. The minimum Gasteiger partial charge on any atom is -0.343 e. The molecule has 0 bridgehead atoms. The van der Waals surface area contributed by atoms with E-state index in [0.29, 0.717) is 4.90 Å². The van der Waals surface area contributed by atoms with Gasteiger partial charge in [-0.15, -0.1) is 0 Å². The zero-order chi connectivity index (χ0) is 14.1. The zero-order valence-electron chi connectivity index (χ0n) is 9.92. The van der Waals surface area contributed by atoms with E-state index in [1.807, 2.05) is 0 Å². The van der Waals surface area contributed by atoms with Crippen molar-refractivity contribution in [2.75, 3.05) is 6.54 Å². The third kappa shape index (κ3) is 2.73. The van der Waals surface area contributed by atoms with Gasteiger partial charge in [0.15, 0.2) is 0 Å². The van der Waals surface area contributed by atoms with Gasteiger partial charge in [-0.1, -0.05) is 6.92 Å². The van der Waals surface area contributed by atoms with Gasteiger partial charge in [0.2, 0.25) is 11.8 Å². The van der Waals surface area contributed by atoms with Gasteiger partial charge in [0, 0.05) is 0 Å². The van der Waals surface area contributed by atoms with Crippen LogP contribution in [-0.4, -0.2) is 47.7 Å². The Morgan fingerprint density at radius 2 is 1.94 bits per heavy atom. The van der Waals surface area contributed by atoms with Gasteiger partial charge in [-0.25, -0.2) is 8.78 Å². The molecule has 1 rings (SSSR count). The lowest BCUT2D eigenvalue weighted by atomic mass is 10.1. The van der Waals surface area contributed by atoms with Crippen LogP contribution in [0.2, 0.25) is 0 Å². The second-order valence-electron chi connectivity index (χ2n) is 4.18. The van der Waals surface area contributed by atoms with E-state index in [9.17, 15) is 27.2 Å². The van der Waals surface area contributed by atoms with E-state index in [-0.39, 0.29) is 6.42 Å². The van der Waals surface area contributed by atoms with E-state index >= 15 is 0 Å². The number of carbonyl (C=O) groups is 2. The molecule has 1 heterocycles. The van der Waals surface area contributed by atoms with Gasteiger partial charge in [-0.3, -0.25) is 9.59 Å². The molecule has 0 aromatic heterocycles. The predicted octanol–water partition coefficient (Wildman–Crippen LogP) is 1.01. The Balaban J connectivity index is 2.94. The molecule has 2 amide bonds. The number of hydrogen-bond acceptors (Lipinski definition) is 2. The topological polar surface area (TPSA) is 49.4 Å². The van der Waals surface area contributed by atoms with E-state index in [0.717, 1.165) is 0 Å². The summed E-state index contributed by atoms with van der Waals surface area (Å²) in [6.45, 7) is 1.39. The summed E-state index contributed by atoms with van der Waals surface area (Å²) in [5.41, 5.74) is 0. The fraction of sp³-hybridized carbons (Fsp3) is 0.800. The van der Waals surface area contributed by atoms with Crippen LogP contribution in [0.3, 0.4) is 0 Å². The van der Waals surface area contributed by atoms with Gasteiger partial charge < -0.3 is 10.2 Å². The van der Waals surface area contributed by atoms with E-state index in [4.69, 9.17) is 0 Å². The van der Waals surface area contributed by atoms with E-state index in [1.165, 1.54) is 13.8 Å². The van der Waals surface area contributed by atoms with Crippen LogP contribution in [0, 0.1) is 0 Å². The fourth-order valence-corrected chi connectivity index (χ4v) is 1.81. The first-order chi connectivity index (χ1) is 8.20. The molecule has 0 aromatic carbocycles. The lowest BCUT2D eigenvalue weighted by Gasteiger charge is -2.38. The Morgan fingerprint density at radius 1 is 1.39 bits per heavy atom. The molecule has 1 N–H and O–H groups in total. The molecule has 0 aliphatic carbocycles. The molecule has 1 aliphatic heterocycles. The van der Waals surface area contributed by atoms with Crippen molar-refractivity contribution in [3.05, 3.63) is 0 Å². The molecule has 4 nitrogen and oxygen atoms in total. The van der Waals surface area contributed by atoms with E-state index in [1.54, 1.807) is 0 Å². The van der Waals surface area contributed by atoms with Crippen LogP contribution in [0.15, 0.2) is 0 Å². The summed E-state index contributed by atoms with van der Waals surface area (Å²) in [7, 11) is 0. The average molecular weight is 270 g/mol. The summed E-state index contributed by atoms with van der Waals surface area (Å²) in [6, 6.07) is -2.10. The van der Waals surface area contributed by atoms with Gasteiger partial charge in [-0.05, 0) is 13.3 Å². The Kier molecular flexibility index (Phi) is 4.18. The summed E-state index contributed by atoms with van der Waals surface area (Å²) in [5.74, 6) is -5.70. The maximum Gasteiger partial charge on any atom is 0.324 e. The molecule has 1 aliphatic rings. The first kappa shape index (κ1) is 14.7. The van der Waals surface area contributed by atoms with Crippen molar-refractivity contribution in [1.82, 2.24) is 10.2 Å². The first-order valence-corrected chi connectivity index (χ1v) is 5.47. The molecular formula is C10H14F4N2O2. The zero-order valence-corrected chi connectivity index (χ0v) is 9.92. The Morgan fingerprint density at radius 3 is 2.39 bits per heavy atom. The molecule has 0 saturated carbocycles. The number of alkyl halides is 4. The summed E-state index contributed by atoms with van der Waals surface area (Å²) in [6.07, 6.45) is -3.79. The van der Waals surface area contributed by atoms with Crippen molar-refractivity contribution in [3.63, 3.8) is 0 Å². The highest BCUT2D eigenvalue weighted by atomic mass is 19.3. The highest BCUT2D eigenvalue weighted by molar-refractivity contribution is 5.96. The molecule has 8 heteroatoms. The van der Waals surface area contributed by atoms with Gasteiger partial charge in [0.1, 0.15) is 12.1 Å². The molecule has 104 valence electrons. The van der Waals surface area contributed by atoms with Gasteiger partial charge in [0.25, 0.3) is 0 Å². The van der Waals surface area contributed by atoms with Gasteiger partial charge in [-0.2, -0.15) is 8.78 Å². The molecule has 1 saturated heterocycles. The summed E-state index contributed by atoms with van der Waals surface area (Å²) >= 11 is 0. The van der Waals surface area contributed by atoms with Crippen molar-refractivity contribution in [1.29, 1.82) is 0 Å². The molecule has 2 unspecified atom stereocenters. The van der Waals surface area contributed by atoms with Crippen molar-refractivity contribution in [2.45, 2.75) is 44.7 Å². The number of nitrogens with zero attached hydrogens (tertiary/aromatic N) is 1. The minimum absolute atomic E-state index is 0.0869. The summed E-state index contributed by atoms with van der Waals surface area (Å²) in [5, 5.41) is 2.31. The van der Waals surface area contributed by atoms with Crippen LogP contribution < -0.4 is 5.32 Å². The van der Waals surface area contributed by atoms with Crippen molar-refractivity contribution in [2.24, 2.45) is 0 Å². The maximum absolute atomic E-state index is 13.0. The Bertz CT molecular complexity index is 349. The average Bonchev–Trinajstić information content (AvgIpc) is 2.25. The van der Waals surface area contributed by atoms with Crippen molar-refractivity contribution in [3.8, 4) is 0 Å². The molecule has 18 heavy (non-hydrogen) atoms. The normalized spacial score (nSPS) is 25.6. The number of halogens is 4. The molecule has 0 aromatic rings. The predicted molar refractivity (Wildman–Crippen MR) is 54.3 cm³/mol. The lowest BCUT2D eigenvalue weighted by Crippen LogP contribution is -2.64. The van der Waals surface area contributed by atoms with Crippen molar-refractivity contribution >= 4 is 11.8 Å². The maximum atomic E-state index is 13.0. The largest absolute Gasteiger partial charge is 0.343 e. The monoisotopic (exact) mass is 270 g/mol. The highest BCUT2D eigenvalue weighted by Gasteiger charge is 2.48. The Labute approximate surface area is 101 Å². The second kappa shape index (κ2) is 5.11. The molecule has 0 radical (unpaired) electrons. The smallest absolute Gasteiger partial charge is 0.324 e. The summed E-state index contributed by atoms with van der Waals surface area (Å²) in [4.78, 5) is 23.7. The van der Waals surface area contributed by atoms with Crippen LogP contribution in [0.5, 0.6) is 0 Å². The van der Waals surface area contributed by atoms with Crippen molar-refractivity contribution < 1.29 is 27.2 Å². The number of rotatable bonds is 4. The highest BCUT2D eigenvalue weighted by Crippen LogP contribution is 2.26. The number of amides is 2. The molecular weight excluding hydrogens is 256 g/mol. The standard InChI is InChI=1S/C10H14F4N2O2/c1-3-6-7(17)15-5(2)8(18)16(6)4-10(13,14)9(11)12/h5-6,9H,3-4H2,1-2H3,(H,15,17). The van der Waals surface area contributed by atoms with Gasteiger partial charge in [0.05, 0.1) is 6.54 Å². The molecule has 2 atom stereocenters. The lowest BCUT2D eigenvalue weighted by molar-refractivity contribution is -0.169. The minimum atomic E-state index is -4.32. The van der Waals surface area contributed by atoms with E-state index in [2.05, 4.69) is 5.32 Å². The van der Waals surface area contributed by atoms with Crippen LogP contribution in [-0.2, 0) is 9.59 Å². The summed E-state index contributed by atoms with van der Waals surface area (Å²) < 4.78 is 50.2. The van der Waals surface area contributed by atoms with E-state index < -0.39 is 42.8 Å². The second-order valence-corrected chi connectivity index (χ2v) is 4.18. The van der Waals surface area contributed by atoms with Crippen LogP contribution >= 0.6 is 0 Å². The quantitative estimate of drug-likeness (QED) is 0.775. The number of piperazine rings is 1. The fourth-order valence-electron chi connectivity index (χ4n) is 1.81. The van der Waals surface area contributed by atoms with Crippen LogP contribution in [0.1, 0.15) is 20.3 Å². The third-order valence-electron chi connectivity index (χ3n) is 2.78. The SMILES string of the molecule is CCC1C(=O)NC(C)C(=O)N1CC(F)(F)C(F)F.